The Hall–Kier alpha value is -0.860. The van der Waals surface area contributed by atoms with Crippen LogP contribution in [0.1, 0.15) is 32.3 Å². The Labute approximate surface area is 91.6 Å². The molecular formula is C13H20O2. The zero-order chi connectivity index (χ0) is 11.3. The van der Waals surface area contributed by atoms with Gasteiger partial charge in [0, 0.05) is 6.42 Å². The molecule has 1 aromatic carbocycles. The molecule has 0 aliphatic rings. The maximum atomic E-state index is 9.69. The second-order valence-corrected chi connectivity index (χ2v) is 4.69. The van der Waals surface area contributed by atoms with E-state index in [0.717, 1.165) is 6.42 Å². The lowest BCUT2D eigenvalue weighted by atomic mass is 9.97. The Morgan fingerprint density at radius 1 is 1.20 bits per heavy atom. The van der Waals surface area contributed by atoms with Crippen molar-refractivity contribution in [2.75, 3.05) is 0 Å². The number of hydrogen-bond acceptors (Lipinski definition) is 2. The van der Waals surface area contributed by atoms with Gasteiger partial charge in [-0.1, -0.05) is 30.3 Å². The SMILES string of the molecule is CC(C)(O)C[C@@H](O)CCc1ccccc1. The summed E-state index contributed by atoms with van der Waals surface area (Å²) in [5.74, 6) is 0. The molecule has 2 N–H and O–H groups in total. The summed E-state index contributed by atoms with van der Waals surface area (Å²) in [5.41, 5.74) is 0.447. The average Bonchev–Trinajstić information content (AvgIpc) is 2.14. The zero-order valence-electron chi connectivity index (χ0n) is 9.48. The third-order valence-corrected chi connectivity index (χ3v) is 2.34. The summed E-state index contributed by atoms with van der Waals surface area (Å²) in [6.45, 7) is 3.44. The second kappa shape index (κ2) is 5.29. The molecule has 1 atom stereocenters. The molecule has 0 bridgehead atoms. The molecule has 1 rings (SSSR count). The number of aliphatic hydroxyl groups excluding tert-OH is 1. The van der Waals surface area contributed by atoms with Crippen molar-refractivity contribution in [3.05, 3.63) is 35.9 Å². The van der Waals surface area contributed by atoms with Gasteiger partial charge < -0.3 is 10.2 Å². The van der Waals surface area contributed by atoms with Crippen molar-refractivity contribution in [2.45, 2.75) is 44.8 Å². The Bertz CT molecular complexity index is 274. The number of aryl methyl sites for hydroxylation is 1. The van der Waals surface area contributed by atoms with Gasteiger partial charge in [0.15, 0.2) is 0 Å². The lowest BCUT2D eigenvalue weighted by Gasteiger charge is -2.21. The van der Waals surface area contributed by atoms with Crippen LogP contribution in [-0.4, -0.2) is 21.9 Å². The van der Waals surface area contributed by atoms with Gasteiger partial charge >= 0.3 is 0 Å². The normalized spacial score (nSPS) is 13.9. The second-order valence-electron chi connectivity index (χ2n) is 4.69. The zero-order valence-corrected chi connectivity index (χ0v) is 9.48. The average molecular weight is 208 g/mol. The molecule has 0 heterocycles. The van der Waals surface area contributed by atoms with Gasteiger partial charge in [0.25, 0.3) is 0 Å². The van der Waals surface area contributed by atoms with Crippen LogP contribution in [-0.2, 0) is 6.42 Å². The summed E-state index contributed by atoms with van der Waals surface area (Å²) >= 11 is 0. The van der Waals surface area contributed by atoms with Crippen molar-refractivity contribution in [1.29, 1.82) is 0 Å². The van der Waals surface area contributed by atoms with E-state index < -0.39 is 11.7 Å². The van der Waals surface area contributed by atoms with Gasteiger partial charge in [-0.05, 0) is 32.3 Å². The smallest absolute Gasteiger partial charge is 0.0616 e. The lowest BCUT2D eigenvalue weighted by molar-refractivity contribution is 0.0160. The van der Waals surface area contributed by atoms with Crippen molar-refractivity contribution in [3.63, 3.8) is 0 Å². The first-order valence-electron chi connectivity index (χ1n) is 5.42. The molecule has 84 valence electrons. The number of hydrogen-bond donors (Lipinski definition) is 2. The number of rotatable bonds is 5. The van der Waals surface area contributed by atoms with E-state index >= 15 is 0 Å². The van der Waals surface area contributed by atoms with Crippen molar-refractivity contribution in [2.24, 2.45) is 0 Å². The van der Waals surface area contributed by atoms with E-state index in [2.05, 4.69) is 12.1 Å². The number of benzene rings is 1. The summed E-state index contributed by atoms with van der Waals surface area (Å²) in [6.07, 6.45) is 1.57. The molecule has 2 heteroatoms. The van der Waals surface area contributed by atoms with Crippen molar-refractivity contribution < 1.29 is 10.2 Å². The fourth-order valence-corrected chi connectivity index (χ4v) is 1.66. The van der Waals surface area contributed by atoms with Gasteiger partial charge in [0.1, 0.15) is 0 Å². The van der Waals surface area contributed by atoms with Crippen LogP contribution in [0.2, 0.25) is 0 Å². The van der Waals surface area contributed by atoms with E-state index in [-0.39, 0.29) is 0 Å². The van der Waals surface area contributed by atoms with E-state index in [1.807, 2.05) is 18.2 Å². The van der Waals surface area contributed by atoms with Crippen LogP contribution < -0.4 is 0 Å². The summed E-state index contributed by atoms with van der Waals surface area (Å²) in [7, 11) is 0. The van der Waals surface area contributed by atoms with Gasteiger partial charge in [-0.2, -0.15) is 0 Å². The van der Waals surface area contributed by atoms with Crippen LogP contribution in [0, 0.1) is 0 Å². The van der Waals surface area contributed by atoms with Crippen molar-refractivity contribution >= 4 is 0 Å². The first kappa shape index (κ1) is 12.2. The largest absolute Gasteiger partial charge is 0.393 e. The molecule has 0 amide bonds. The van der Waals surface area contributed by atoms with Crippen LogP contribution in [0.5, 0.6) is 0 Å². The standard InChI is InChI=1S/C13H20O2/c1-13(2,15)10-12(14)9-8-11-6-4-3-5-7-11/h3-7,12,14-15H,8-10H2,1-2H3/t12-/m0/s1. The molecule has 0 radical (unpaired) electrons. The van der Waals surface area contributed by atoms with E-state index in [9.17, 15) is 10.2 Å². The molecule has 0 fully saturated rings. The monoisotopic (exact) mass is 208 g/mol. The highest BCUT2D eigenvalue weighted by atomic mass is 16.3. The Morgan fingerprint density at radius 3 is 2.33 bits per heavy atom. The first-order chi connectivity index (χ1) is 6.97. The lowest BCUT2D eigenvalue weighted by Crippen LogP contribution is -2.26. The summed E-state index contributed by atoms with van der Waals surface area (Å²) in [5, 5.41) is 19.2. The molecule has 0 aromatic heterocycles. The Morgan fingerprint density at radius 2 is 1.80 bits per heavy atom. The van der Waals surface area contributed by atoms with Gasteiger partial charge in [0.2, 0.25) is 0 Å². The predicted molar refractivity (Wildman–Crippen MR) is 61.7 cm³/mol. The molecular weight excluding hydrogens is 188 g/mol. The predicted octanol–water partition coefficient (Wildman–Crippen LogP) is 2.14. The topological polar surface area (TPSA) is 40.5 Å². The van der Waals surface area contributed by atoms with Gasteiger partial charge in [-0.25, -0.2) is 0 Å². The third-order valence-electron chi connectivity index (χ3n) is 2.34. The van der Waals surface area contributed by atoms with E-state index in [1.165, 1.54) is 5.56 Å². The van der Waals surface area contributed by atoms with Gasteiger partial charge in [0.05, 0.1) is 11.7 Å². The van der Waals surface area contributed by atoms with Gasteiger partial charge in [-0.15, -0.1) is 0 Å². The molecule has 0 saturated heterocycles. The van der Waals surface area contributed by atoms with Crippen LogP contribution in [0.4, 0.5) is 0 Å². The summed E-state index contributed by atoms with van der Waals surface area (Å²) in [6, 6.07) is 10.1. The van der Waals surface area contributed by atoms with Crippen LogP contribution in [0.25, 0.3) is 0 Å². The van der Waals surface area contributed by atoms with Crippen molar-refractivity contribution in [3.8, 4) is 0 Å². The van der Waals surface area contributed by atoms with Gasteiger partial charge in [-0.3, -0.25) is 0 Å². The molecule has 0 aliphatic carbocycles. The minimum atomic E-state index is -0.782. The summed E-state index contributed by atoms with van der Waals surface area (Å²) in [4.78, 5) is 0. The minimum absolute atomic E-state index is 0.426. The van der Waals surface area contributed by atoms with E-state index in [1.54, 1.807) is 13.8 Å². The summed E-state index contributed by atoms with van der Waals surface area (Å²) < 4.78 is 0. The molecule has 2 nitrogen and oxygen atoms in total. The Balaban J connectivity index is 2.32. The molecule has 1 aromatic rings. The van der Waals surface area contributed by atoms with Crippen LogP contribution in [0.3, 0.4) is 0 Å². The fourth-order valence-electron chi connectivity index (χ4n) is 1.66. The van der Waals surface area contributed by atoms with Crippen LogP contribution >= 0.6 is 0 Å². The first-order valence-corrected chi connectivity index (χ1v) is 5.42. The maximum Gasteiger partial charge on any atom is 0.0616 e. The molecule has 0 saturated carbocycles. The molecule has 15 heavy (non-hydrogen) atoms. The Kier molecular flexibility index (Phi) is 4.30. The van der Waals surface area contributed by atoms with Crippen molar-refractivity contribution in [1.82, 2.24) is 0 Å². The molecule has 0 aliphatic heterocycles. The molecule has 0 spiro atoms. The minimum Gasteiger partial charge on any atom is -0.393 e. The highest BCUT2D eigenvalue weighted by Gasteiger charge is 2.18. The molecule has 0 unspecified atom stereocenters. The quantitative estimate of drug-likeness (QED) is 0.778. The highest BCUT2D eigenvalue weighted by molar-refractivity contribution is 5.14. The fraction of sp³-hybridized carbons (Fsp3) is 0.538. The number of aliphatic hydroxyl groups is 2. The van der Waals surface area contributed by atoms with Crippen LogP contribution in [0.15, 0.2) is 30.3 Å². The van der Waals surface area contributed by atoms with E-state index in [0.29, 0.717) is 12.8 Å². The van der Waals surface area contributed by atoms with E-state index in [4.69, 9.17) is 0 Å². The maximum absolute atomic E-state index is 9.69. The highest BCUT2D eigenvalue weighted by Crippen LogP contribution is 2.14. The third kappa shape index (κ3) is 5.55.